The summed E-state index contributed by atoms with van der Waals surface area (Å²) in [4.78, 5) is 34.7. The Morgan fingerprint density at radius 3 is 2.49 bits per heavy atom. The SMILES string of the molecule is CCCCc1ccc(OC)c(-c2csc(NC(=O)c3ccc(C(=O)N4CCC(N5CC(O)C5)CC4)cc3)n2)c1. The lowest BCUT2D eigenvalue weighted by atomic mass is 9.98. The summed E-state index contributed by atoms with van der Waals surface area (Å²) in [5.74, 6) is 0.474. The van der Waals surface area contributed by atoms with E-state index >= 15 is 0 Å². The lowest BCUT2D eigenvalue weighted by Gasteiger charge is -2.45. The number of methoxy groups -OCH3 is 1. The molecule has 0 unspecified atom stereocenters. The third-order valence-electron chi connectivity index (χ3n) is 7.64. The normalized spacial score (nSPS) is 16.6. The van der Waals surface area contributed by atoms with Crippen molar-refractivity contribution in [2.24, 2.45) is 0 Å². The van der Waals surface area contributed by atoms with Gasteiger partial charge in [0.2, 0.25) is 0 Å². The number of hydrogen-bond acceptors (Lipinski definition) is 7. The quantitative estimate of drug-likeness (QED) is 0.403. The molecule has 9 heteroatoms. The first-order valence-electron chi connectivity index (χ1n) is 13.7. The van der Waals surface area contributed by atoms with Crippen LogP contribution in [0.25, 0.3) is 11.3 Å². The molecular weight excluding hydrogens is 512 g/mol. The van der Waals surface area contributed by atoms with Crippen LogP contribution in [0.4, 0.5) is 5.13 Å². The summed E-state index contributed by atoms with van der Waals surface area (Å²) in [7, 11) is 1.65. The van der Waals surface area contributed by atoms with Gasteiger partial charge in [-0.2, -0.15) is 0 Å². The lowest BCUT2D eigenvalue weighted by Crippen LogP contribution is -2.58. The van der Waals surface area contributed by atoms with Gasteiger partial charge in [0.15, 0.2) is 5.13 Å². The Morgan fingerprint density at radius 2 is 1.82 bits per heavy atom. The Bertz CT molecular complexity index is 1290. The number of β-amino-alcohol motifs (C(OH)–C–C–N with tert-alkyl or cyclic N) is 1. The Hall–Kier alpha value is -3.27. The summed E-state index contributed by atoms with van der Waals surface area (Å²) in [6.07, 6.45) is 4.90. The van der Waals surface area contributed by atoms with Gasteiger partial charge in [0, 0.05) is 54.3 Å². The number of thiazole rings is 1. The molecule has 2 aromatic carbocycles. The van der Waals surface area contributed by atoms with Crippen LogP contribution in [0.1, 0.15) is 58.9 Å². The van der Waals surface area contributed by atoms with Gasteiger partial charge in [-0.3, -0.25) is 19.8 Å². The number of amides is 2. The van der Waals surface area contributed by atoms with Gasteiger partial charge in [0.05, 0.1) is 18.9 Å². The van der Waals surface area contributed by atoms with Gasteiger partial charge in [-0.15, -0.1) is 11.3 Å². The number of likely N-dealkylation sites (tertiary alicyclic amines) is 2. The molecule has 2 aliphatic rings. The Labute approximate surface area is 233 Å². The van der Waals surface area contributed by atoms with Crippen molar-refractivity contribution < 1.29 is 19.4 Å². The van der Waals surface area contributed by atoms with Crippen molar-refractivity contribution >= 4 is 28.3 Å². The number of piperidine rings is 1. The number of carbonyl (C=O) groups is 2. The number of ether oxygens (including phenoxy) is 1. The largest absolute Gasteiger partial charge is 0.496 e. The van der Waals surface area contributed by atoms with E-state index in [4.69, 9.17) is 4.74 Å². The van der Waals surface area contributed by atoms with Crippen molar-refractivity contribution in [3.63, 3.8) is 0 Å². The minimum Gasteiger partial charge on any atom is -0.496 e. The van der Waals surface area contributed by atoms with E-state index in [0.717, 1.165) is 62.2 Å². The number of carbonyl (C=O) groups excluding carboxylic acids is 2. The van der Waals surface area contributed by atoms with Crippen LogP contribution in [-0.4, -0.2) is 77.1 Å². The molecule has 2 fully saturated rings. The van der Waals surface area contributed by atoms with Gasteiger partial charge in [0.25, 0.3) is 11.8 Å². The van der Waals surface area contributed by atoms with Crippen LogP contribution in [-0.2, 0) is 6.42 Å². The van der Waals surface area contributed by atoms with Gasteiger partial charge < -0.3 is 14.7 Å². The molecular formula is C30H36N4O4S. The van der Waals surface area contributed by atoms with Crippen LogP contribution in [0, 0.1) is 0 Å². The maximum absolute atomic E-state index is 13.0. The van der Waals surface area contributed by atoms with Crippen molar-refractivity contribution in [2.75, 3.05) is 38.6 Å². The van der Waals surface area contributed by atoms with E-state index in [1.165, 1.54) is 16.9 Å². The topological polar surface area (TPSA) is 95.0 Å². The van der Waals surface area contributed by atoms with Crippen molar-refractivity contribution in [3.8, 4) is 17.0 Å². The maximum atomic E-state index is 13.0. The van der Waals surface area contributed by atoms with E-state index < -0.39 is 0 Å². The van der Waals surface area contributed by atoms with Crippen molar-refractivity contribution in [1.82, 2.24) is 14.8 Å². The summed E-state index contributed by atoms with van der Waals surface area (Å²) >= 11 is 1.37. The second-order valence-electron chi connectivity index (χ2n) is 10.3. The molecule has 0 saturated carbocycles. The fraction of sp³-hybridized carbons (Fsp3) is 0.433. The van der Waals surface area contributed by atoms with E-state index in [0.29, 0.717) is 35.4 Å². The highest BCUT2D eigenvalue weighted by Crippen LogP contribution is 2.33. The molecule has 2 N–H and O–H groups in total. The molecule has 0 spiro atoms. The molecule has 0 bridgehead atoms. The number of aryl methyl sites for hydroxylation is 1. The average molecular weight is 549 g/mol. The standard InChI is InChI=1S/C30H36N4O4S/c1-3-4-5-20-6-11-27(38-2)25(16-20)26-19-39-30(31-26)32-28(36)21-7-9-22(10-8-21)29(37)33-14-12-23(13-15-33)34-17-24(35)18-34/h6-11,16,19,23-24,35H,3-5,12-15,17-18H2,1-2H3,(H,31,32,36). The summed E-state index contributed by atoms with van der Waals surface area (Å²) in [6, 6.07) is 13.4. The van der Waals surface area contributed by atoms with Gasteiger partial charge >= 0.3 is 0 Å². The Kier molecular flexibility index (Phi) is 8.60. The number of rotatable bonds is 9. The van der Waals surface area contributed by atoms with Crippen molar-refractivity contribution in [2.45, 2.75) is 51.2 Å². The molecule has 3 aromatic rings. The predicted molar refractivity (Wildman–Crippen MR) is 154 cm³/mol. The molecule has 5 rings (SSSR count). The van der Waals surface area contributed by atoms with Crippen LogP contribution >= 0.6 is 11.3 Å². The van der Waals surface area contributed by atoms with E-state index in [1.807, 2.05) is 16.3 Å². The predicted octanol–water partition coefficient (Wildman–Crippen LogP) is 4.69. The molecule has 2 aliphatic heterocycles. The summed E-state index contributed by atoms with van der Waals surface area (Å²) in [6.45, 7) is 5.07. The van der Waals surface area contributed by atoms with Gasteiger partial charge in [-0.1, -0.05) is 19.4 Å². The van der Waals surface area contributed by atoms with Crippen molar-refractivity contribution in [1.29, 1.82) is 0 Å². The number of unbranched alkanes of at least 4 members (excludes halogenated alkanes) is 1. The molecule has 0 radical (unpaired) electrons. The van der Waals surface area contributed by atoms with Crippen LogP contribution < -0.4 is 10.1 Å². The van der Waals surface area contributed by atoms with Gasteiger partial charge in [-0.05, 0) is 67.6 Å². The summed E-state index contributed by atoms with van der Waals surface area (Å²) < 4.78 is 5.56. The first-order valence-corrected chi connectivity index (χ1v) is 14.6. The maximum Gasteiger partial charge on any atom is 0.257 e. The van der Waals surface area contributed by atoms with Gasteiger partial charge in [0.1, 0.15) is 5.75 Å². The molecule has 1 aromatic heterocycles. The van der Waals surface area contributed by atoms with E-state index in [2.05, 4.69) is 34.3 Å². The first kappa shape index (κ1) is 27.3. The molecule has 8 nitrogen and oxygen atoms in total. The summed E-state index contributed by atoms with van der Waals surface area (Å²) in [5, 5.41) is 14.9. The first-order chi connectivity index (χ1) is 18.9. The molecule has 0 aliphatic carbocycles. The average Bonchev–Trinajstić information content (AvgIpc) is 3.42. The zero-order chi connectivity index (χ0) is 27.4. The third-order valence-corrected chi connectivity index (χ3v) is 8.39. The Balaban J connectivity index is 1.18. The zero-order valence-corrected chi connectivity index (χ0v) is 23.4. The molecule has 2 amide bonds. The number of aromatic nitrogens is 1. The number of nitrogens with zero attached hydrogens (tertiary/aromatic N) is 3. The number of benzene rings is 2. The van der Waals surface area contributed by atoms with Crippen molar-refractivity contribution in [3.05, 3.63) is 64.5 Å². The van der Waals surface area contributed by atoms with Crippen LogP contribution in [0.15, 0.2) is 47.8 Å². The highest BCUT2D eigenvalue weighted by atomic mass is 32.1. The molecule has 0 atom stereocenters. The Morgan fingerprint density at radius 1 is 1.10 bits per heavy atom. The minimum atomic E-state index is -0.267. The highest BCUT2D eigenvalue weighted by molar-refractivity contribution is 7.14. The number of aliphatic hydroxyl groups excluding tert-OH is 1. The fourth-order valence-electron chi connectivity index (χ4n) is 5.28. The summed E-state index contributed by atoms with van der Waals surface area (Å²) in [5.41, 5.74) is 3.97. The van der Waals surface area contributed by atoms with E-state index in [9.17, 15) is 14.7 Å². The lowest BCUT2D eigenvalue weighted by molar-refractivity contribution is -0.0381. The minimum absolute atomic E-state index is 0.0104. The van der Waals surface area contributed by atoms with E-state index in [1.54, 1.807) is 31.4 Å². The highest BCUT2D eigenvalue weighted by Gasteiger charge is 2.34. The van der Waals surface area contributed by atoms with Gasteiger partial charge in [-0.25, -0.2) is 4.98 Å². The molecule has 2 saturated heterocycles. The number of aliphatic hydroxyl groups is 1. The fourth-order valence-corrected chi connectivity index (χ4v) is 5.99. The van der Waals surface area contributed by atoms with E-state index in [-0.39, 0.29) is 17.9 Å². The smallest absolute Gasteiger partial charge is 0.257 e. The second-order valence-corrected chi connectivity index (χ2v) is 11.2. The molecule has 3 heterocycles. The number of hydrogen-bond donors (Lipinski definition) is 2. The molecule has 206 valence electrons. The number of anilines is 1. The van der Waals surface area contributed by atoms with Crippen LogP contribution in [0.2, 0.25) is 0 Å². The number of nitrogens with one attached hydrogen (secondary N) is 1. The zero-order valence-electron chi connectivity index (χ0n) is 22.6. The second kappa shape index (κ2) is 12.3. The van der Waals surface area contributed by atoms with Crippen LogP contribution in [0.3, 0.4) is 0 Å². The molecule has 39 heavy (non-hydrogen) atoms. The third kappa shape index (κ3) is 6.32. The van der Waals surface area contributed by atoms with Crippen LogP contribution in [0.5, 0.6) is 5.75 Å². The monoisotopic (exact) mass is 548 g/mol.